The highest BCUT2D eigenvalue weighted by Crippen LogP contribution is 2.06. The molecule has 1 aromatic carbocycles. The molecule has 72 valence electrons. The van der Waals surface area contributed by atoms with Gasteiger partial charge in [0.25, 0.3) is 0 Å². The Morgan fingerprint density at radius 3 is 2.15 bits per heavy atom. The van der Waals surface area contributed by atoms with Gasteiger partial charge in [-0.1, -0.05) is 24.3 Å². The SMILES string of the molecule is C[C@@H](N)CCc1ccc(CN)cc1. The molecule has 0 fully saturated rings. The summed E-state index contributed by atoms with van der Waals surface area (Å²) in [4.78, 5) is 0. The molecule has 0 aliphatic heterocycles. The first-order chi connectivity index (χ1) is 6.22. The molecule has 0 bridgehead atoms. The lowest BCUT2D eigenvalue weighted by Crippen LogP contribution is -2.15. The average molecular weight is 178 g/mol. The summed E-state index contributed by atoms with van der Waals surface area (Å²) >= 11 is 0. The van der Waals surface area contributed by atoms with Crippen LogP contribution in [0, 0.1) is 0 Å². The zero-order valence-corrected chi connectivity index (χ0v) is 8.16. The van der Waals surface area contributed by atoms with Crippen LogP contribution in [0.15, 0.2) is 24.3 Å². The van der Waals surface area contributed by atoms with Crippen molar-refractivity contribution in [2.24, 2.45) is 11.5 Å². The molecule has 0 unspecified atom stereocenters. The molecule has 2 heteroatoms. The first kappa shape index (κ1) is 10.2. The quantitative estimate of drug-likeness (QED) is 0.732. The van der Waals surface area contributed by atoms with Gasteiger partial charge < -0.3 is 11.5 Å². The summed E-state index contributed by atoms with van der Waals surface area (Å²) in [6, 6.07) is 8.71. The highest BCUT2D eigenvalue weighted by atomic mass is 14.6. The van der Waals surface area contributed by atoms with Gasteiger partial charge in [-0.2, -0.15) is 0 Å². The first-order valence-corrected chi connectivity index (χ1v) is 4.76. The molecule has 0 radical (unpaired) electrons. The van der Waals surface area contributed by atoms with E-state index in [0.717, 1.165) is 12.8 Å². The standard InChI is InChI=1S/C11H18N2/c1-9(13)2-3-10-4-6-11(8-12)7-5-10/h4-7,9H,2-3,8,12-13H2,1H3/t9-/m1/s1. The number of rotatable bonds is 4. The largest absolute Gasteiger partial charge is 0.328 e. The van der Waals surface area contributed by atoms with Gasteiger partial charge in [-0.05, 0) is 30.9 Å². The number of nitrogens with two attached hydrogens (primary N) is 2. The van der Waals surface area contributed by atoms with Crippen molar-refractivity contribution in [3.8, 4) is 0 Å². The van der Waals surface area contributed by atoms with Crippen molar-refractivity contribution in [2.45, 2.75) is 32.4 Å². The van der Waals surface area contributed by atoms with Crippen molar-refractivity contribution < 1.29 is 0 Å². The predicted octanol–water partition coefficient (Wildman–Crippen LogP) is 1.43. The van der Waals surface area contributed by atoms with Gasteiger partial charge in [-0.15, -0.1) is 0 Å². The van der Waals surface area contributed by atoms with Crippen LogP contribution in [0.4, 0.5) is 0 Å². The van der Waals surface area contributed by atoms with E-state index in [1.165, 1.54) is 11.1 Å². The second kappa shape index (κ2) is 5.00. The lowest BCUT2D eigenvalue weighted by Gasteiger charge is -2.05. The molecule has 2 nitrogen and oxygen atoms in total. The van der Waals surface area contributed by atoms with Crippen molar-refractivity contribution in [3.63, 3.8) is 0 Å². The predicted molar refractivity (Wildman–Crippen MR) is 56.3 cm³/mol. The van der Waals surface area contributed by atoms with Gasteiger partial charge in [0.1, 0.15) is 0 Å². The van der Waals surface area contributed by atoms with E-state index in [0.29, 0.717) is 6.54 Å². The maximum absolute atomic E-state index is 5.68. The molecule has 0 aromatic heterocycles. The monoisotopic (exact) mass is 178 g/mol. The molecule has 1 rings (SSSR count). The van der Waals surface area contributed by atoms with Crippen molar-refractivity contribution in [1.29, 1.82) is 0 Å². The van der Waals surface area contributed by atoms with Gasteiger partial charge in [0.15, 0.2) is 0 Å². The Kier molecular flexibility index (Phi) is 3.93. The summed E-state index contributed by atoms with van der Waals surface area (Å²) in [6.07, 6.45) is 2.10. The topological polar surface area (TPSA) is 52.0 Å². The van der Waals surface area contributed by atoms with Crippen LogP contribution in [0.1, 0.15) is 24.5 Å². The number of hydrogen-bond acceptors (Lipinski definition) is 2. The third kappa shape index (κ3) is 3.57. The molecule has 0 saturated carbocycles. The second-order valence-electron chi connectivity index (χ2n) is 3.54. The summed E-state index contributed by atoms with van der Waals surface area (Å²) in [6.45, 7) is 2.65. The van der Waals surface area contributed by atoms with E-state index >= 15 is 0 Å². The third-order valence-corrected chi connectivity index (χ3v) is 2.15. The smallest absolute Gasteiger partial charge is 0.0178 e. The Labute approximate surface area is 79.9 Å². The fraction of sp³-hybridized carbons (Fsp3) is 0.455. The Morgan fingerprint density at radius 2 is 1.69 bits per heavy atom. The minimum absolute atomic E-state index is 0.286. The van der Waals surface area contributed by atoms with Crippen molar-refractivity contribution in [1.82, 2.24) is 0 Å². The number of aryl methyl sites for hydroxylation is 1. The molecule has 1 aromatic rings. The van der Waals surface area contributed by atoms with Crippen molar-refractivity contribution in [2.75, 3.05) is 0 Å². The lowest BCUT2D eigenvalue weighted by molar-refractivity contribution is 0.666. The van der Waals surface area contributed by atoms with E-state index in [2.05, 4.69) is 24.3 Å². The Bertz CT molecular complexity index is 239. The second-order valence-corrected chi connectivity index (χ2v) is 3.54. The third-order valence-electron chi connectivity index (χ3n) is 2.15. The maximum atomic E-state index is 5.68. The molecular formula is C11H18N2. The van der Waals surface area contributed by atoms with Crippen LogP contribution in [0.2, 0.25) is 0 Å². The normalized spacial score (nSPS) is 12.8. The fourth-order valence-corrected chi connectivity index (χ4v) is 1.24. The van der Waals surface area contributed by atoms with E-state index < -0.39 is 0 Å². The van der Waals surface area contributed by atoms with E-state index in [1.54, 1.807) is 0 Å². The molecule has 0 heterocycles. The van der Waals surface area contributed by atoms with Crippen LogP contribution in [0.5, 0.6) is 0 Å². The van der Waals surface area contributed by atoms with Gasteiger partial charge >= 0.3 is 0 Å². The van der Waals surface area contributed by atoms with E-state index in [9.17, 15) is 0 Å². The summed E-state index contributed by atoms with van der Waals surface area (Å²) in [5.41, 5.74) is 13.7. The molecule has 1 atom stereocenters. The summed E-state index contributed by atoms with van der Waals surface area (Å²) < 4.78 is 0. The van der Waals surface area contributed by atoms with Gasteiger partial charge in [-0.25, -0.2) is 0 Å². The van der Waals surface area contributed by atoms with Crippen molar-refractivity contribution in [3.05, 3.63) is 35.4 Å². The Morgan fingerprint density at radius 1 is 1.15 bits per heavy atom. The van der Waals surface area contributed by atoms with E-state index in [-0.39, 0.29) is 6.04 Å². The van der Waals surface area contributed by atoms with Gasteiger partial charge in [-0.3, -0.25) is 0 Å². The maximum Gasteiger partial charge on any atom is 0.0178 e. The van der Waals surface area contributed by atoms with Gasteiger partial charge in [0, 0.05) is 12.6 Å². The average Bonchev–Trinajstić information content (AvgIpc) is 2.15. The summed E-state index contributed by atoms with van der Waals surface area (Å²) in [7, 11) is 0. The highest BCUT2D eigenvalue weighted by Gasteiger charge is 1.96. The fourth-order valence-electron chi connectivity index (χ4n) is 1.24. The van der Waals surface area contributed by atoms with Crippen LogP contribution in [-0.4, -0.2) is 6.04 Å². The van der Waals surface area contributed by atoms with Crippen LogP contribution in [0.3, 0.4) is 0 Å². The first-order valence-electron chi connectivity index (χ1n) is 4.76. The molecule has 0 amide bonds. The van der Waals surface area contributed by atoms with Crippen LogP contribution >= 0.6 is 0 Å². The Hall–Kier alpha value is -0.860. The number of hydrogen-bond donors (Lipinski definition) is 2. The minimum Gasteiger partial charge on any atom is -0.328 e. The minimum atomic E-state index is 0.286. The van der Waals surface area contributed by atoms with Gasteiger partial charge in [0.05, 0.1) is 0 Å². The molecule has 0 spiro atoms. The zero-order valence-electron chi connectivity index (χ0n) is 8.16. The molecule has 0 saturated heterocycles. The number of benzene rings is 1. The highest BCUT2D eigenvalue weighted by molar-refractivity contribution is 5.22. The zero-order chi connectivity index (χ0) is 9.68. The van der Waals surface area contributed by atoms with E-state index in [1.807, 2.05) is 6.92 Å². The molecule has 0 aliphatic carbocycles. The summed E-state index contributed by atoms with van der Waals surface area (Å²) in [5, 5.41) is 0. The molecule has 4 N–H and O–H groups in total. The van der Waals surface area contributed by atoms with Gasteiger partial charge in [0.2, 0.25) is 0 Å². The molecule has 13 heavy (non-hydrogen) atoms. The molecular weight excluding hydrogens is 160 g/mol. The van der Waals surface area contributed by atoms with Crippen LogP contribution in [0.25, 0.3) is 0 Å². The van der Waals surface area contributed by atoms with E-state index in [4.69, 9.17) is 11.5 Å². The molecule has 0 aliphatic rings. The lowest BCUT2D eigenvalue weighted by atomic mass is 10.1. The summed E-state index contributed by atoms with van der Waals surface area (Å²) in [5.74, 6) is 0. The van der Waals surface area contributed by atoms with Crippen molar-refractivity contribution >= 4 is 0 Å². The Balaban J connectivity index is 2.49. The van der Waals surface area contributed by atoms with Crippen LogP contribution in [-0.2, 0) is 13.0 Å². The van der Waals surface area contributed by atoms with Crippen LogP contribution < -0.4 is 11.5 Å².